The zero-order valence-corrected chi connectivity index (χ0v) is 14.8. The molecule has 1 aromatic carbocycles. The lowest BCUT2D eigenvalue weighted by molar-refractivity contribution is -0.138. The third kappa shape index (κ3) is 3.33. The van der Waals surface area contributed by atoms with E-state index in [1.165, 1.54) is 11.1 Å². The molecule has 1 fully saturated rings. The standard InChI is InChI=1S/C20H26N4O/c1-15(23-12-9-16-5-2-3-6-17(16)13-23)20(25)24-11-4-7-18(14-24)19-8-10-21-22-19/h2-3,5-6,8,10,15,18H,4,7,9,11-14H2,1H3,(H,21,22)/t15-,18-/m0/s1. The van der Waals surface area contributed by atoms with E-state index >= 15 is 0 Å². The summed E-state index contributed by atoms with van der Waals surface area (Å²) >= 11 is 0. The summed E-state index contributed by atoms with van der Waals surface area (Å²) in [4.78, 5) is 17.5. The van der Waals surface area contributed by atoms with E-state index in [0.29, 0.717) is 5.92 Å². The summed E-state index contributed by atoms with van der Waals surface area (Å²) in [5.74, 6) is 0.651. The highest BCUT2D eigenvalue weighted by Crippen LogP contribution is 2.27. The Morgan fingerprint density at radius 2 is 2.08 bits per heavy atom. The van der Waals surface area contributed by atoms with Gasteiger partial charge in [-0.15, -0.1) is 0 Å². The van der Waals surface area contributed by atoms with Crippen molar-refractivity contribution < 1.29 is 4.79 Å². The number of hydrogen-bond donors (Lipinski definition) is 1. The average Bonchev–Trinajstić information content (AvgIpc) is 3.21. The second kappa shape index (κ2) is 7.00. The molecule has 2 aromatic rings. The molecule has 0 saturated carbocycles. The number of amides is 1. The van der Waals surface area contributed by atoms with Crippen LogP contribution in [0.25, 0.3) is 0 Å². The van der Waals surface area contributed by atoms with Gasteiger partial charge in [-0.05, 0) is 43.4 Å². The van der Waals surface area contributed by atoms with Gasteiger partial charge in [0.25, 0.3) is 0 Å². The summed E-state index contributed by atoms with van der Waals surface area (Å²) in [6, 6.07) is 10.6. The molecule has 0 bridgehead atoms. The van der Waals surface area contributed by atoms with Gasteiger partial charge in [0.1, 0.15) is 0 Å². The van der Waals surface area contributed by atoms with Crippen LogP contribution in [-0.2, 0) is 17.8 Å². The van der Waals surface area contributed by atoms with Crippen LogP contribution in [0, 0.1) is 0 Å². The van der Waals surface area contributed by atoms with E-state index in [4.69, 9.17) is 0 Å². The van der Waals surface area contributed by atoms with E-state index in [-0.39, 0.29) is 11.9 Å². The largest absolute Gasteiger partial charge is 0.341 e. The van der Waals surface area contributed by atoms with Crippen molar-refractivity contribution in [3.63, 3.8) is 0 Å². The molecule has 0 spiro atoms. The predicted octanol–water partition coefficient (Wildman–Crippen LogP) is 2.56. The zero-order chi connectivity index (χ0) is 17.2. The molecule has 4 rings (SSSR count). The van der Waals surface area contributed by atoms with Gasteiger partial charge in [-0.1, -0.05) is 24.3 Å². The summed E-state index contributed by atoms with van der Waals surface area (Å²) in [5.41, 5.74) is 3.94. The molecule has 1 N–H and O–H groups in total. The number of hydrogen-bond acceptors (Lipinski definition) is 3. The number of carbonyl (C=O) groups excluding carboxylic acids is 1. The number of aromatic amines is 1. The molecule has 2 aliphatic heterocycles. The minimum atomic E-state index is -0.0612. The second-order valence-electron chi connectivity index (χ2n) is 7.30. The Hall–Kier alpha value is -2.14. The number of nitrogens with one attached hydrogen (secondary N) is 1. The minimum absolute atomic E-state index is 0.0612. The maximum atomic E-state index is 13.1. The van der Waals surface area contributed by atoms with Crippen LogP contribution in [0.4, 0.5) is 0 Å². The summed E-state index contributed by atoms with van der Waals surface area (Å²) in [6.07, 6.45) is 5.01. The fourth-order valence-electron chi connectivity index (χ4n) is 4.19. The van der Waals surface area contributed by atoms with Crippen LogP contribution in [-0.4, -0.2) is 51.6 Å². The van der Waals surface area contributed by atoms with Gasteiger partial charge in [0, 0.05) is 44.0 Å². The molecule has 2 aliphatic rings. The van der Waals surface area contributed by atoms with E-state index in [9.17, 15) is 4.79 Å². The molecule has 3 heterocycles. The van der Waals surface area contributed by atoms with E-state index in [1.54, 1.807) is 6.20 Å². The number of fused-ring (bicyclic) bond motifs is 1. The molecule has 25 heavy (non-hydrogen) atoms. The molecule has 0 aliphatic carbocycles. The third-order valence-electron chi connectivity index (χ3n) is 5.76. The van der Waals surface area contributed by atoms with Crippen molar-refractivity contribution in [3.05, 3.63) is 53.3 Å². The van der Waals surface area contributed by atoms with Crippen molar-refractivity contribution in [2.75, 3.05) is 19.6 Å². The normalized spacial score (nSPS) is 22.4. The van der Waals surface area contributed by atoms with Gasteiger partial charge in [-0.25, -0.2) is 0 Å². The molecule has 1 saturated heterocycles. The molecule has 1 aromatic heterocycles. The van der Waals surface area contributed by atoms with E-state index in [1.807, 2.05) is 6.07 Å². The van der Waals surface area contributed by atoms with Gasteiger partial charge in [0.15, 0.2) is 0 Å². The van der Waals surface area contributed by atoms with Crippen LogP contribution in [0.5, 0.6) is 0 Å². The van der Waals surface area contributed by atoms with Crippen molar-refractivity contribution in [2.24, 2.45) is 0 Å². The lowest BCUT2D eigenvalue weighted by Crippen LogP contribution is -2.50. The van der Waals surface area contributed by atoms with Crippen LogP contribution < -0.4 is 0 Å². The first-order chi connectivity index (χ1) is 12.2. The van der Waals surface area contributed by atoms with Gasteiger partial charge in [-0.3, -0.25) is 14.8 Å². The highest BCUT2D eigenvalue weighted by atomic mass is 16.2. The predicted molar refractivity (Wildman–Crippen MR) is 97.2 cm³/mol. The van der Waals surface area contributed by atoms with Crippen molar-refractivity contribution in [1.29, 1.82) is 0 Å². The van der Waals surface area contributed by atoms with Crippen LogP contribution in [0.1, 0.15) is 42.5 Å². The Bertz CT molecular complexity index is 727. The molecule has 5 heteroatoms. The molecule has 0 unspecified atom stereocenters. The molecule has 1 amide bonds. The van der Waals surface area contributed by atoms with Crippen molar-refractivity contribution in [1.82, 2.24) is 20.0 Å². The van der Waals surface area contributed by atoms with E-state index in [0.717, 1.165) is 51.1 Å². The SMILES string of the molecule is C[C@@H](C(=O)N1CCC[C@H](c2ccn[nH]2)C1)N1CCc2ccccc2C1. The fourth-order valence-corrected chi connectivity index (χ4v) is 4.19. The molecule has 2 atom stereocenters. The maximum Gasteiger partial charge on any atom is 0.239 e. The third-order valence-corrected chi connectivity index (χ3v) is 5.76. The Labute approximate surface area is 149 Å². The van der Waals surface area contributed by atoms with Crippen molar-refractivity contribution in [2.45, 2.75) is 44.7 Å². The van der Waals surface area contributed by atoms with E-state index < -0.39 is 0 Å². The fraction of sp³-hybridized carbons (Fsp3) is 0.500. The number of nitrogens with zero attached hydrogens (tertiary/aromatic N) is 3. The number of H-pyrrole nitrogens is 1. The number of likely N-dealkylation sites (tertiary alicyclic amines) is 1. The summed E-state index contributed by atoms with van der Waals surface area (Å²) < 4.78 is 0. The van der Waals surface area contributed by atoms with Crippen LogP contribution >= 0.6 is 0 Å². The first-order valence-corrected chi connectivity index (χ1v) is 9.31. The molecular weight excluding hydrogens is 312 g/mol. The van der Waals surface area contributed by atoms with Crippen LogP contribution in [0.15, 0.2) is 36.5 Å². The van der Waals surface area contributed by atoms with Gasteiger partial charge in [0.2, 0.25) is 5.91 Å². The topological polar surface area (TPSA) is 52.2 Å². The van der Waals surface area contributed by atoms with Crippen molar-refractivity contribution in [3.8, 4) is 0 Å². The Morgan fingerprint density at radius 3 is 2.88 bits per heavy atom. The number of rotatable bonds is 3. The molecule has 132 valence electrons. The first kappa shape index (κ1) is 16.3. The van der Waals surface area contributed by atoms with Crippen LogP contribution in [0.2, 0.25) is 0 Å². The van der Waals surface area contributed by atoms with Gasteiger partial charge in [0.05, 0.1) is 6.04 Å². The number of carbonyl (C=O) groups is 1. The van der Waals surface area contributed by atoms with Crippen molar-refractivity contribution >= 4 is 5.91 Å². The Kier molecular flexibility index (Phi) is 4.57. The monoisotopic (exact) mass is 338 g/mol. The lowest BCUT2D eigenvalue weighted by atomic mass is 9.94. The van der Waals surface area contributed by atoms with E-state index in [2.05, 4.69) is 51.2 Å². The highest BCUT2D eigenvalue weighted by molar-refractivity contribution is 5.81. The average molecular weight is 338 g/mol. The summed E-state index contributed by atoms with van der Waals surface area (Å²) in [5, 5.41) is 7.13. The Morgan fingerprint density at radius 1 is 1.24 bits per heavy atom. The van der Waals surface area contributed by atoms with Gasteiger partial charge < -0.3 is 4.90 Å². The van der Waals surface area contributed by atoms with Gasteiger partial charge >= 0.3 is 0 Å². The first-order valence-electron chi connectivity index (χ1n) is 9.31. The number of piperidine rings is 1. The second-order valence-corrected chi connectivity index (χ2v) is 7.30. The minimum Gasteiger partial charge on any atom is -0.341 e. The smallest absolute Gasteiger partial charge is 0.239 e. The quantitative estimate of drug-likeness (QED) is 0.936. The summed E-state index contributed by atoms with van der Waals surface area (Å²) in [7, 11) is 0. The maximum absolute atomic E-state index is 13.1. The number of benzene rings is 1. The molecule has 5 nitrogen and oxygen atoms in total. The number of aromatic nitrogens is 2. The molecule has 0 radical (unpaired) electrons. The van der Waals surface area contributed by atoms with Crippen LogP contribution in [0.3, 0.4) is 0 Å². The van der Waals surface area contributed by atoms with Gasteiger partial charge in [-0.2, -0.15) is 5.10 Å². The zero-order valence-electron chi connectivity index (χ0n) is 14.8. The lowest BCUT2D eigenvalue weighted by Gasteiger charge is -2.38. The molecular formula is C20H26N4O. The summed E-state index contributed by atoms with van der Waals surface area (Å²) in [6.45, 7) is 5.58. The highest BCUT2D eigenvalue weighted by Gasteiger charge is 2.32. The Balaban J connectivity index is 1.42.